The average Bonchev–Trinajstić information content (AvgIpc) is 3.74. The number of aromatic nitrogens is 1. The highest BCUT2D eigenvalue weighted by atomic mass is 16.2. The van der Waals surface area contributed by atoms with Gasteiger partial charge in [0.1, 0.15) is 17.8 Å². The molecule has 5 amide bonds. The first-order valence-electron chi connectivity index (χ1n) is 17.2. The van der Waals surface area contributed by atoms with Gasteiger partial charge < -0.3 is 26.6 Å². The number of likely N-dealkylation sites (tertiary alicyclic amines) is 1. The predicted molar refractivity (Wildman–Crippen MR) is 176 cm³/mol. The first-order valence-corrected chi connectivity index (χ1v) is 17.2. The predicted octanol–water partition coefficient (Wildman–Crippen LogP) is 3.14. The minimum Gasteiger partial charge on any atom is -0.363 e. The lowest BCUT2D eigenvalue weighted by molar-refractivity contribution is -0.144. The van der Waals surface area contributed by atoms with Crippen LogP contribution in [0.3, 0.4) is 0 Å². The Morgan fingerprint density at radius 3 is 2.17 bits per heavy atom. The Balaban J connectivity index is 1.55. The molecule has 0 spiro atoms. The number of primary amides is 1. The molecule has 0 radical (unpaired) electrons. The van der Waals surface area contributed by atoms with Gasteiger partial charge in [-0.05, 0) is 66.9 Å². The summed E-state index contributed by atoms with van der Waals surface area (Å²) >= 11 is 0. The lowest BCUT2D eigenvalue weighted by Crippen LogP contribution is -2.62. The quantitative estimate of drug-likeness (QED) is 0.187. The van der Waals surface area contributed by atoms with Crippen molar-refractivity contribution in [2.45, 2.75) is 117 Å². The summed E-state index contributed by atoms with van der Waals surface area (Å²) in [5, 5.41) is 8.52. The van der Waals surface area contributed by atoms with Crippen LogP contribution in [-0.2, 0) is 19.2 Å². The third-order valence-corrected chi connectivity index (χ3v) is 9.99. The standard InChI is InChI=1S/C35H52N6O6/c1-20(2)23-16-18-41(27(23)32(45)38-25(19-21-14-15-21)29(43)31(36)44)33(46)30(35(3,4)5)40-34(47)39-26(22-11-7-6-8-12-22)28(42)24-13-9-10-17-37-24/h9-10,13,17,20-23,25-27,30H,6-8,11-12,14-16,18-19H2,1-5H3,(H2,36,44)(H,38,45)(H2,39,40,47)/t23-,25?,26+,27+,30-/m1/s1. The average molecular weight is 653 g/mol. The van der Waals surface area contributed by atoms with Crippen molar-refractivity contribution in [3.63, 3.8) is 0 Å². The van der Waals surface area contributed by atoms with E-state index in [1.165, 1.54) is 4.90 Å². The molecule has 258 valence electrons. The number of ketones is 2. The number of nitrogens with zero attached hydrogens (tertiary/aromatic N) is 2. The molecule has 1 aromatic rings. The Morgan fingerprint density at radius 1 is 0.936 bits per heavy atom. The fourth-order valence-corrected chi connectivity index (χ4v) is 7.11. The molecule has 3 aliphatic rings. The van der Waals surface area contributed by atoms with Crippen LogP contribution in [0.15, 0.2) is 24.4 Å². The molecule has 2 aliphatic carbocycles. The number of urea groups is 1. The summed E-state index contributed by atoms with van der Waals surface area (Å²) in [6.45, 7) is 9.73. The van der Waals surface area contributed by atoms with Gasteiger partial charge in [0.2, 0.25) is 23.4 Å². The topological polar surface area (TPSA) is 181 Å². The fraction of sp³-hybridized carbons (Fsp3) is 0.686. The second-order valence-electron chi connectivity index (χ2n) is 15.0. The molecule has 2 heterocycles. The van der Waals surface area contributed by atoms with Gasteiger partial charge in [0, 0.05) is 12.7 Å². The number of nitrogens with one attached hydrogen (secondary N) is 3. The molecule has 47 heavy (non-hydrogen) atoms. The molecule has 0 aromatic carbocycles. The van der Waals surface area contributed by atoms with Crippen molar-refractivity contribution in [2.75, 3.05) is 6.54 Å². The number of rotatable bonds is 13. The summed E-state index contributed by atoms with van der Waals surface area (Å²) in [4.78, 5) is 85.6. The van der Waals surface area contributed by atoms with E-state index in [1.54, 1.807) is 24.4 Å². The highest BCUT2D eigenvalue weighted by Gasteiger charge is 2.48. The van der Waals surface area contributed by atoms with Gasteiger partial charge in [-0.25, -0.2) is 4.79 Å². The molecule has 1 aromatic heterocycles. The summed E-state index contributed by atoms with van der Waals surface area (Å²) in [6, 6.07) is 0.666. The van der Waals surface area contributed by atoms with Crippen LogP contribution < -0.4 is 21.7 Å². The van der Waals surface area contributed by atoms with Gasteiger partial charge in [-0.3, -0.25) is 29.0 Å². The maximum absolute atomic E-state index is 14.4. The van der Waals surface area contributed by atoms with Crippen molar-refractivity contribution in [1.82, 2.24) is 25.8 Å². The van der Waals surface area contributed by atoms with Crippen LogP contribution in [0.2, 0.25) is 0 Å². The molecule has 1 unspecified atom stereocenters. The fourth-order valence-electron chi connectivity index (χ4n) is 7.11. The second-order valence-corrected chi connectivity index (χ2v) is 15.0. The van der Waals surface area contributed by atoms with Crippen molar-refractivity contribution in [2.24, 2.45) is 34.8 Å². The summed E-state index contributed by atoms with van der Waals surface area (Å²) in [7, 11) is 0. The van der Waals surface area contributed by atoms with E-state index in [2.05, 4.69) is 20.9 Å². The van der Waals surface area contributed by atoms with Crippen molar-refractivity contribution in [3.8, 4) is 0 Å². The van der Waals surface area contributed by atoms with Gasteiger partial charge in [0.05, 0.1) is 12.1 Å². The summed E-state index contributed by atoms with van der Waals surface area (Å²) in [5.74, 6) is -3.15. The van der Waals surface area contributed by atoms with Gasteiger partial charge >= 0.3 is 6.03 Å². The van der Waals surface area contributed by atoms with Crippen molar-refractivity contribution >= 4 is 35.3 Å². The molecule has 12 nitrogen and oxygen atoms in total. The van der Waals surface area contributed by atoms with Gasteiger partial charge in [0.25, 0.3) is 5.91 Å². The summed E-state index contributed by atoms with van der Waals surface area (Å²) in [6.07, 6.45) is 8.86. The van der Waals surface area contributed by atoms with E-state index < -0.39 is 59.1 Å². The molecule has 2 saturated carbocycles. The Labute approximate surface area is 277 Å². The molecular formula is C35H52N6O6. The van der Waals surface area contributed by atoms with Gasteiger partial charge in [0.15, 0.2) is 0 Å². The Bertz CT molecular complexity index is 1320. The van der Waals surface area contributed by atoms with Gasteiger partial charge in [-0.2, -0.15) is 0 Å². The number of nitrogens with two attached hydrogens (primary N) is 1. The number of pyridine rings is 1. The van der Waals surface area contributed by atoms with Crippen molar-refractivity contribution < 1.29 is 28.8 Å². The SMILES string of the molecule is CC(C)[C@H]1CCN(C(=O)[C@@H](NC(=O)N[C@H](C(=O)c2ccccn2)C2CCCCC2)C(C)(C)C)[C@@H]1C(=O)NC(CC1CC1)C(=O)C(N)=O. The lowest BCUT2D eigenvalue weighted by atomic mass is 9.81. The van der Waals surface area contributed by atoms with E-state index in [1.807, 2.05) is 34.6 Å². The van der Waals surface area contributed by atoms with Crippen molar-refractivity contribution in [1.29, 1.82) is 0 Å². The lowest BCUT2D eigenvalue weighted by Gasteiger charge is -2.37. The van der Waals surface area contributed by atoms with Crippen LogP contribution >= 0.6 is 0 Å². The van der Waals surface area contributed by atoms with E-state index in [4.69, 9.17) is 5.73 Å². The molecule has 12 heteroatoms. The van der Waals surface area contributed by atoms with Crippen LogP contribution in [0.5, 0.6) is 0 Å². The van der Waals surface area contributed by atoms with E-state index >= 15 is 0 Å². The number of hydrogen-bond acceptors (Lipinski definition) is 7. The molecule has 5 N–H and O–H groups in total. The maximum Gasteiger partial charge on any atom is 0.316 e. The van der Waals surface area contributed by atoms with E-state index in [9.17, 15) is 28.8 Å². The van der Waals surface area contributed by atoms with Crippen molar-refractivity contribution in [3.05, 3.63) is 30.1 Å². The number of hydrogen-bond donors (Lipinski definition) is 4. The second kappa shape index (κ2) is 15.4. The zero-order chi connectivity index (χ0) is 34.5. The first-order chi connectivity index (χ1) is 22.2. The Kier molecular flexibility index (Phi) is 11.8. The zero-order valence-electron chi connectivity index (χ0n) is 28.4. The van der Waals surface area contributed by atoms with Gasteiger partial charge in [-0.1, -0.05) is 72.8 Å². The normalized spacial score (nSPS) is 22.2. The Morgan fingerprint density at radius 2 is 1.62 bits per heavy atom. The highest BCUT2D eigenvalue weighted by molar-refractivity contribution is 6.37. The molecular weight excluding hydrogens is 600 g/mol. The van der Waals surface area contributed by atoms with Gasteiger partial charge in [-0.15, -0.1) is 0 Å². The summed E-state index contributed by atoms with van der Waals surface area (Å²) < 4.78 is 0. The number of Topliss-reactive ketones (excluding diaryl/α,β-unsaturated/α-hetero) is 2. The molecule has 1 saturated heterocycles. The van der Waals surface area contributed by atoms with E-state index in [-0.39, 0.29) is 41.7 Å². The molecule has 1 aliphatic heterocycles. The number of amides is 5. The highest BCUT2D eigenvalue weighted by Crippen LogP contribution is 2.36. The molecule has 0 bridgehead atoms. The Hall–Kier alpha value is -3.83. The zero-order valence-corrected chi connectivity index (χ0v) is 28.4. The smallest absolute Gasteiger partial charge is 0.316 e. The third kappa shape index (κ3) is 9.16. The third-order valence-electron chi connectivity index (χ3n) is 9.99. The first kappa shape index (κ1) is 36.0. The molecule has 3 fully saturated rings. The van der Waals surface area contributed by atoms with Crippen LogP contribution in [0.25, 0.3) is 0 Å². The number of carbonyl (C=O) groups excluding carboxylic acids is 6. The van der Waals surface area contributed by atoms with Crippen LogP contribution in [-0.4, -0.2) is 75.9 Å². The number of carbonyl (C=O) groups is 6. The maximum atomic E-state index is 14.4. The molecule has 4 rings (SSSR count). The monoisotopic (exact) mass is 652 g/mol. The van der Waals surface area contributed by atoms with Crippen LogP contribution in [0, 0.1) is 29.1 Å². The van der Waals surface area contributed by atoms with E-state index in [0.29, 0.717) is 12.8 Å². The van der Waals surface area contributed by atoms with Crippen LogP contribution in [0.4, 0.5) is 4.79 Å². The molecule has 5 atom stereocenters. The minimum absolute atomic E-state index is 0.0375. The summed E-state index contributed by atoms with van der Waals surface area (Å²) in [5.41, 5.74) is 4.82. The largest absolute Gasteiger partial charge is 0.363 e. The van der Waals surface area contributed by atoms with E-state index in [0.717, 1.165) is 44.9 Å². The van der Waals surface area contributed by atoms with Crippen LogP contribution in [0.1, 0.15) is 103 Å². The minimum atomic E-state index is -1.10.